The number of nitrogens with one attached hydrogen (secondary N) is 1. The maximum Gasteiger partial charge on any atom is 0.332 e. The van der Waals surface area contributed by atoms with Gasteiger partial charge >= 0.3 is 5.69 Å². The highest BCUT2D eigenvalue weighted by Gasteiger charge is 2.16. The lowest BCUT2D eigenvalue weighted by atomic mass is 10.2. The van der Waals surface area contributed by atoms with Gasteiger partial charge in [0.15, 0.2) is 11.2 Å². The quantitative estimate of drug-likeness (QED) is 0.767. The smallest absolute Gasteiger partial charge is 0.326 e. The molecule has 0 bridgehead atoms. The molecule has 7 heteroatoms. The molecule has 0 aliphatic heterocycles. The molecule has 3 aromatic rings. The first-order chi connectivity index (χ1) is 10.4. The van der Waals surface area contributed by atoms with Crippen molar-refractivity contribution < 1.29 is 0 Å². The predicted molar refractivity (Wildman–Crippen MR) is 85.7 cm³/mol. The van der Waals surface area contributed by atoms with E-state index in [4.69, 9.17) is 0 Å². The van der Waals surface area contributed by atoms with Gasteiger partial charge in [-0.1, -0.05) is 12.1 Å². The molecule has 0 aliphatic rings. The minimum atomic E-state index is -0.391. The first-order valence-electron chi connectivity index (χ1n) is 6.86. The Balaban J connectivity index is 2.23. The summed E-state index contributed by atoms with van der Waals surface area (Å²) >= 11 is 0. The zero-order valence-electron chi connectivity index (χ0n) is 12.9. The molecule has 0 amide bonds. The Morgan fingerprint density at radius 1 is 1.05 bits per heavy atom. The van der Waals surface area contributed by atoms with Gasteiger partial charge in [0.05, 0.1) is 0 Å². The van der Waals surface area contributed by atoms with E-state index in [1.54, 1.807) is 18.7 Å². The first kappa shape index (κ1) is 14.1. The zero-order valence-corrected chi connectivity index (χ0v) is 12.9. The average molecular weight is 299 g/mol. The topological polar surface area (TPSA) is 73.8 Å². The van der Waals surface area contributed by atoms with Crippen molar-refractivity contribution >= 4 is 22.8 Å². The Hall–Kier alpha value is -2.83. The van der Waals surface area contributed by atoms with Gasteiger partial charge in [0.2, 0.25) is 5.95 Å². The van der Waals surface area contributed by atoms with Gasteiger partial charge in [-0.25, -0.2) is 4.79 Å². The summed E-state index contributed by atoms with van der Waals surface area (Å²) in [6, 6.07) is 7.84. The third-order valence-electron chi connectivity index (χ3n) is 3.75. The van der Waals surface area contributed by atoms with Crippen molar-refractivity contribution in [3.05, 3.63) is 50.7 Å². The fourth-order valence-electron chi connectivity index (χ4n) is 2.48. The molecule has 0 fully saturated rings. The van der Waals surface area contributed by atoms with E-state index >= 15 is 0 Å². The Morgan fingerprint density at radius 3 is 2.45 bits per heavy atom. The van der Waals surface area contributed by atoms with Crippen LogP contribution in [-0.2, 0) is 21.1 Å². The molecular formula is C15H17N5O2. The molecule has 1 N–H and O–H groups in total. The lowest BCUT2D eigenvalue weighted by Crippen LogP contribution is -2.37. The molecule has 0 radical (unpaired) electrons. The van der Waals surface area contributed by atoms with Crippen LogP contribution in [0, 0.1) is 6.92 Å². The molecule has 0 aliphatic carbocycles. The van der Waals surface area contributed by atoms with Crippen molar-refractivity contribution in [1.29, 1.82) is 0 Å². The maximum atomic E-state index is 12.3. The van der Waals surface area contributed by atoms with E-state index in [9.17, 15) is 9.59 Å². The van der Waals surface area contributed by atoms with Crippen molar-refractivity contribution in [3.8, 4) is 0 Å². The summed E-state index contributed by atoms with van der Waals surface area (Å²) < 4.78 is 4.12. The number of imidazole rings is 1. The molecule has 0 spiro atoms. The van der Waals surface area contributed by atoms with Gasteiger partial charge in [0.1, 0.15) is 0 Å². The summed E-state index contributed by atoms with van der Waals surface area (Å²) in [7, 11) is 4.82. The minimum absolute atomic E-state index is 0.356. The van der Waals surface area contributed by atoms with Crippen LogP contribution in [0.15, 0.2) is 33.9 Å². The summed E-state index contributed by atoms with van der Waals surface area (Å²) in [5, 5.41) is 3.18. The van der Waals surface area contributed by atoms with Gasteiger partial charge < -0.3 is 9.88 Å². The summed E-state index contributed by atoms with van der Waals surface area (Å²) in [6.07, 6.45) is 0. The van der Waals surface area contributed by atoms with E-state index in [0.717, 1.165) is 15.8 Å². The van der Waals surface area contributed by atoms with Gasteiger partial charge in [0.25, 0.3) is 5.56 Å². The molecule has 3 rings (SSSR count). The van der Waals surface area contributed by atoms with Crippen molar-refractivity contribution in [3.63, 3.8) is 0 Å². The molecule has 114 valence electrons. The highest BCUT2D eigenvalue weighted by Crippen LogP contribution is 2.19. The summed E-state index contributed by atoms with van der Waals surface area (Å²) in [4.78, 5) is 28.7. The van der Waals surface area contributed by atoms with Crippen LogP contribution in [0.2, 0.25) is 0 Å². The maximum absolute atomic E-state index is 12.3. The van der Waals surface area contributed by atoms with Crippen molar-refractivity contribution in [2.45, 2.75) is 6.92 Å². The molecule has 2 heterocycles. The Morgan fingerprint density at radius 2 is 1.77 bits per heavy atom. The number of nitrogens with zero attached hydrogens (tertiary/aromatic N) is 4. The van der Waals surface area contributed by atoms with Gasteiger partial charge in [-0.15, -0.1) is 0 Å². The molecule has 0 atom stereocenters. The highest BCUT2D eigenvalue weighted by atomic mass is 16.2. The second-order valence-electron chi connectivity index (χ2n) is 5.37. The number of aromatic nitrogens is 4. The average Bonchev–Trinajstić information content (AvgIpc) is 2.80. The number of aryl methyl sites for hydroxylation is 3. The predicted octanol–water partition coefficient (Wildman–Crippen LogP) is 1.02. The number of benzene rings is 1. The van der Waals surface area contributed by atoms with Crippen LogP contribution in [0.5, 0.6) is 0 Å². The van der Waals surface area contributed by atoms with Crippen LogP contribution in [-0.4, -0.2) is 18.7 Å². The van der Waals surface area contributed by atoms with Gasteiger partial charge in [0, 0.05) is 26.8 Å². The van der Waals surface area contributed by atoms with Crippen LogP contribution in [0.25, 0.3) is 11.2 Å². The molecular weight excluding hydrogens is 282 g/mol. The third kappa shape index (κ3) is 2.02. The lowest BCUT2D eigenvalue weighted by Gasteiger charge is -2.06. The van der Waals surface area contributed by atoms with E-state index in [1.165, 1.54) is 11.6 Å². The highest BCUT2D eigenvalue weighted by molar-refractivity contribution is 5.75. The van der Waals surface area contributed by atoms with Crippen LogP contribution in [0.1, 0.15) is 5.56 Å². The number of rotatable bonds is 2. The van der Waals surface area contributed by atoms with Crippen LogP contribution < -0.4 is 16.6 Å². The third-order valence-corrected chi connectivity index (χ3v) is 3.75. The number of anilines is 2. The number of fused-ring (bicyclic) bond motifs is 1. The van der Waals surface area contributed by atoms with Gasteiger partial charge in [-0.2, -0.15) is 4.98 Å². The van der Waals surface area contributed by atoms with E-state index < -0.39 is 5.69 Å². The normalized spacial score (nSPS) is 11.1. The van der Waals surface area contributed by atoms with Crippen molar-refractivity contribution in [2.75, 3.05) is 5.32 Å². The van der Waals surface area contributed by atoms with Crippen molar-refractivity contribution in [1.82, 2.24) is 18.7 Å². The standard InChI is InChI=1S/C15H17N5O2/c1-9-6-5-7-10(8-9)16-14-17-12-11(18(14)2)13(21)20(4)15(22)19(12)3/h5-8H,1-4H3,(H,16,17). The second-order valence-corrected chi connectivity index (χ2v) is 5.37. The van der Waals surface area contributed by atoms with Crippen LogP contribution in [0.3, 0.4) is 0 Å². The summed E-state index contributed by atoms with van der Waals surface area (Å²) in [5.41, 5.74) is 2.00. The largest absolute Gasteiger partial charge is 0.332 e. The van der Waals surface area contributed by atoms with E-state index in [-0.39, 0.29) is 5.56 Å². The molecule has 1 aromatic carbocycles. The SMILES string of the molecule is Cc1cccc(Nc2nc3c(c(=O)n(C)c(=O)n3C)n2C)c1. The van der Waals surface area contributed by atoms with E-state index in [1.807, 2.05) is 31.2 Å². The molecule has 2 aromatic heterocycles. The first-order valence-corrected chi connectivity index (χ1v) is 6.86. The lowest BCUT2D eigenvalue weighted by molar-refractivity contribution is 0.705. The van der Waals surface area contributed by atoms with Gasteiger partial charge in [-0.3, -0.25) is 13.9 Å². The number of hydrogen-bond donors (Lipinski definition) is 1. The fourth-order valence-corrected chi connectivity index (χ4v) is 2.48. The fraction of sp³-hybridized carbons (Fsp3) is 0.267. The summed E-state index contributed by atoms with van der Waals surface area (Å²) in [6.45, 7) is 2.00. The van der Waals surface area contributed by atoms with E-state index in [0.29, 0.717) is 17.1 Å². The monoisotopic (exact) mass is 299 g/mol. The molecule has 22 heavy (non-hydrogen) atoms. The molecule has 7 nitrogen and oxygen atoms in total. The Bertz CT molecular complexity index is 994. The Kier molecular flexibility index (Phi) is 3.13. The number of hydrogen-bond acceptors (Lipinski definition) is 4. The van der Waals surface area contributed by atoms with E-state index in [2.05, 4.69) is 10.3 Å². The van der Waals surface area contributed by atoms with Crippen molar-refractivity contribution in [2.24, 2.45) is 21.1 Å². The molecule has 0 unspecified atom stereocenters. The van der Waals surface area contributed by atoms with Crippen LogP contribution >= 0.6 is 0 Å². The molecule has 0 saturated heterocycles. The van der Waals surface area contributed by atoms with Gasteiger partial charge in [-0.05, 0) is 24.6 Å². The Labute approximate surface area is 126 Å². The zero-order chi connectivity index (χ0) is 16.0. The van der Waals surface area contributed by atoms with Crippen LogP contribution in [0.4, 0.5) is 11.6 Å². The molecule has 0 saturated carbocycles. The minimum Gasteiger partial charge on any atom is -0.326 e. The second kappa shape index (κ2) is 4.87. The summed E-state index contributed by atoms with van der Waals surface area (Å²) in [5.74, 6) is 0.513.